The molecule has 2 saturated carbocycles. The van der Waals surface area contributed by atoms with Crippen molar-refractivity contribution in [1.29, 1.82) is 0 Å². The van der Waals surface area contributed by atoms with Crippen LogP contribution in [0, 0.1) is 18.8 Å². The second-order valence-electron chi connectivity index (χ2n) is 18.7. The minimum atomic E-state index is -4.77. The van der Waals surface area contributed by atoms with Gasteiger partial charge in [-0.25, -0.2) is 24.7 Å². The van der Waals surface area contributed by atoms with E-state index in [0.717, 1.165) is 78.8 Å². The van der Waals surface area contributed by atoms with Crippen LogP contribution in [0.4, 0.5) is 41.0 Å². The maximum Gasteiger partial charge on any atom is 0.451 e. The van der Waals surface area contributed by atoms with E-state index in [-0.39, 0.29) is 30.8 Å². The van der Waals surface area contributed by atoms with Crippen molar-refractivity contribution in [2.24, 2.45) is 27.6 Å². The molecule has 9 N–H and O–H groups in total. The standard InChI is InChI=1S/C24H27ClF3N5O3.C23H29ClN6O2.CH4/c1-23(2)19(31-18-20(29)32-22(24(26,27)28)33-21(18)36-23)14-7-8-15(16(25)9-14)13-5-3-12(4-6-13)10-30-17(35)11-34;1-12-28-20(25)18-21(29-12)32-23(2,3)19(30-18)15-8-9-16(17(24)10-15)14-6-4-13(5-7-14)11-27-22(26)31;/h7-9,12-13,34H,3-6,10-11H2,1-2H3,(H,30,35)(H2,29,32,33);8-10,13-14H,4-7,11H2,1-3H3,(H2,25,28,29)(H3,26,27,31);1H4. The largest absolute Gasteiger partial charge is 0.463 e. The van der Waals surface area contributed by atoms with E-state index in [1.807, 2.05) is 38.1 Å². The van der Waals surface area contributed by atoms with E-state index in [4.69, 9.17) is 60.0 Å². The van der Waals surface area contributed by atoms with Gasteiger partial charge in [0.15, 0.2) is 23.0 Å². The molecule has 2 fully saturated rings. The number of nitrogen functional groups attached to an aromatic ring is 2. The summed E-state index contributed by atoms with van der Waals surface area (Å²) in [6.45, 7) is 9.70. The number of aliphatic hydroxyl groups excluding tert-OH is 1. The molecule has 0 atom stereocenters. The fourth-order valence-electron chi connectivity index (χ4n) is 9.31. The molecule has 2 aliphatic heterocycles. The Hall–Kier alpha value is -5.79. The molecular formula is C48H60Cl2F3N11O5. The molecule has 4 aromatic rings. The van der Waals surface area contributed by atoms with Crippen LogP contribution in [-0.4, -0.2) is 79.3 Å². The Morgan fingerprint density at radius 3 is 1.58 bits per heavy atom. The zero-order valence-electron chi connectivity index (χ0n) is 38.4. The molecule has 0 unspecified atom stereocenters. The normalized spacial score (nSPS) is 21.2. The Kier molecular flexibility index (Phi) is 16.0. The molecule has 2 aromatic carbocycles. The van der Waals surface area contributed by atoms with Crippen LogP contribution in [-0.2, 0) is 11.0 Å². The first kappa shape index (κ1) is 52.6. The van der Waals surface area contributed by atoms with Gasteiger partial charge in [0.05, 0.1) is 11.4 Å². The summed E-state index contributed by atoms with van der Waals surface area (Å²) in [5.41, 5.74) is 20.5. The number of nitrogens with two attached hydrogens (primary N) is 3. The molecule has 0 saturated heterocycles. The summed E-state index contributed by atoms with van der Waals surface area (Å²) in [7, 11) is 0. The highest BCUT2D eigenvalue weighted by Crippen LogP contribution is 2.45. The van der Waals surface area contributed by atoms with Crippen molar-refractivity contribution < 1.29 is 37.3 Å². The SMILES string of the molecule is C.CC1(C)Oc2nc(C(F)(F)F)nc(N)c2N=C1c1ccc(C2CCC(CNC(=O)CO)CC2)c(Cl)c1.Cc1nc(N)c2c(n1)OC(C)(C)C(c1ccc(C3CCC(CNC(N)=O)CC3)c(Cl)c1)=N2. The van der Waals surface area contributed by atoms with Crippen molar-refractivity contribution in [3.8, 4) is 11.8 Å². The van der Waals surface area contributed by atoms with Gasteiger partial charge in [0.1, 0.15) is 23.6 Å². The third-order valence-corrected chi connectivity index (χ3v) is 13.5. The van der Waals surface area contributed by atoms with Crippen molar-refractivity contribution >= 4 is 69.6 Å². The number of ether oxygens (including phenoxy) is 2. The summed E-state index contributed by atoms with van der Waals surface area (Å²) in [6.07, 6.45) is 3.04. The Bertz CT molecular complexity index is 2630. The first-order valence-corrected chi connectivity index (χ1v) is 23.2. The number of aliphatic hydroxyl groups is 1. The van der Waals surface area contributed by atoms with Gasteiger partial charge in [0.2, 0.25) is 23.5 Å². The molecule has 4 heterocycles. The number of anilines is 2. The number of nitrogens with one attached hydrogen (secondary N) is 2. The summed E-state index contributed by atoms with van der Waals surface area (Å²) in [4.78, 5) is 46.9. The van der Waals surface area contributed by atoms with Gasteiger partial charge in [0.25, 0.3) is 0 Å². The van der Waals surface area contributed by atoms with Gasteiger partial charge in [-0.05, 0) is 133 Å². The van der Waals surface area contributed by atoms with Crippen molar-refractivity contribution in [2.75, 3.05) is 31.2 Å². The summed E-state index contributed by atoms with van der Waals surface area (Å²) < 4.78 is 51.2. The number of rotatable bonds is 9. The summed E-state index contributed by atoms with van der Waals surface area (Å²) in [5.74, 6) is 0.219. The maximum atomic E-state index is 13.1. The number of urea groups is 1. The van der Waals surface area contributed by atoms with Crippen molar-refractivity contribution in [2.45, 2.75) is 123 Å². The minimum Gasteiger partial charge on any atom is -0.463 e. The highest BCUT2D eigenvalue weighted by atomic mass is 35.5. The molecular weight excluding hydrogens is 938 g/mol. The molecule has 0 radical (unpaired) electrons. The van der Waals surface area contributed by atoms with Crippen molar-refractivity contribution in [3.63, 3.8) is 0 Å². The highest BCUT2D eigenvalue weighted by Gasteiger charge is 2.41. The topological polar surface area (TPSA) is 251 Å². The second-order valence-corrected chi connectivity index (χ2v) is 19.5. The van der Waals surface area contributed by atoms with E-state index < -0.39 is 41.7 Å². The molecule has 372 valence electrons. The summed E-state index contributed by atoms with van der Waals surface area (Å²) >= 11 is 13.4. The minimum absolute atomic E-state index is 0. The maximum absolute atomic E-state index is 13.1. The van der Waals surface area contributed by atoms with E-state index >= 15 is 0 Å². The number of aromatic nitrogens is 4. The summed E-state index contributed by atoms with van der Waals surface area (Å²) in [6, 6.07) is 11.2. The molecule has 3 amide bonds. The number of hydrogen-bond acceptors (Lipinski definition) is 13. The average Bonchev–Trinajstić information content (AvgIpc) is 3.26. The van der Waals surface area contributed by atoms with Crippen molar-refractivity contribution in [1.82, 2.24) is 30.6 Å². The van der Waals surface area contributed by atoms with Gasteiger partial charge in [-0.1, -0.05) is 54.9 Å². The van der Waals surface area contributed by atoms with Gasteiger partial charge < -0.3 is 42.4 Å². The van der Waals surface area contributed by atoms with Crippen LogP contribution in [0.15, 0.2) is 46.4 Å². The number of halogens is 5. The monoisotopic (exact) mass is 997 g/mol. The molecule has 0 spiro atoms. The number of fused-ring (bicyclic) bond motifs is 2. The Balaban J connectivity index is 0.000000225. The molecule has 8 rings (SSSR count). The smallest absolute Gasteiger partial charge is 0.451 e. The van der Waals surface area contributed by atoms with Gasteiger partial charge in [-0.15, -0.1) is 0 Å². The zero-order valence-corrected chi connectivity index (χ0v) is 39.9. The quantitative estimate of drug-likeness (QED) is 0.0921. The Labute approximate surface area is 409 Å². The lowest BCUT2D eigenvalue weighted by Gasteiger charge is -2.33. The zero-order chi connectivity index (χ0) is 49.3. The third kappa shape index (κ3) is 12.2. The van der Waals surface area contributed by atoms with Crippen LogP contribution in [0.3, 0.4) is 0 Å². The van der Waals surface area contributed by atoms with E-state index in [2.05, 4.69) is 41.6 Å². The lowest BCUT2D eigenvalue weighted by atomic mass is 9.78. The molecule has 21 heteroatoms. The molecule has 69 heavy (non-hydrogen) atoms. The predicted octanol–water partition coefficient (Wildman–Crippen LogP) is 9.30. The number of benzene rings is 2. The van der Waals surface area contributed by atoms with Crippen LogP contribution in [0.5, 0.6) is 11.8 Å². The van der Waals surface area contributed by atoms with Gasteiger partial charge >= 0.3 is 12.2 Å². The number of carbonyl (C=O) groups is 2. The molecule has 2 aliphatic carbocycles. The van der Waals surface area contributed by atoms with Crippen LogP contribution in [0.25, 0.3) is 0 Å². The van der Waals surface area contributed by atoms with Crippen LogP contribution in [0.2, 0.25) is 10.0 Å². The van der Waals surface area contributed by atoms with Crippen LogP contribution < -0.4 is 37.3 Å². The number of aryl methyl sites for hydroxylation is 1. The predicted molar refractivity (Wildman–Crippen MR) is 261 cm³/mol. The highest BCUT2D eigenvalue weighted by molar-refractivity contribution is 6.32. The number of carbonyl (C=O) groups excluding carboxylic acids is 2. The lowest BCUT2D eigenvalue weighted by molar-refractivity contribution is -0.145. The molecule has 16 nitrogen and oxygen atoms in total. The first-order chi connectivity index (χ1) is 32.0. The van der Waals surface area contributed by atoms with Gasteiger partial charge in [0, 0.05) is 34.3 Å². The third-order valence-electron chi connectivity index (χ3n) is 12.8. The number of alkyl halides is 3. The first-order valence-electron chi connectivity index (χ1n) is 22.5. The van der Waals surface area contributed by atoms with E-state index in [1.165, 1.54) is 0 Å². The Morgan fingerprint density at radius 2 is 1.16 bits per heavy atom. The average molecular weight is 999 g/mol. The number of nitrogens with zero attached hydrogens (tertiary/aromatic N) is 6. The van der Waals surface area contributed by atoms with E-state index in [0.29, 0.717) is 70.4 Å². The fraction of sp³-hybridized carbons (Fsp3) is 0.500. The van der Waals surface area contributed by atoms with Crippen LogP contribution in [0.1, 0.15) is 132 Å². The lowest BCUT2D eigenvalue weighted by Crippen LogP contribution is -2.41. The second kappa shape index (κ2) is 21.1. The number of aliphatic imine (C=N–C) groups is 2. The molecule has 0 bridgehead atoms. The van der Waals surface area contributed by atoms with E-state index in [1.54, 1.807) is 26.8 Å². The Morgan fingerprint density at radius 1 is 0.725 bits per heavy atom. The van der Waals surface area contributed by atoms with E-state index in [9.17, 15) is 22.8 Å². The molecule has 2 aromatic heterocycles. The van der Waals surface area contributed by atoms with Gasteiger partial charge in [-0.2, -0.15) is 23.1 Å². The van der Waals surface area contributed by atoms with Crippen molar-refractivity contribution in [3.05, 3.63) is 80.3 Å². The number of hydrogen-bond donors (Lipinski definition) is 6. The number of amides is 3. The number of primary amides is 1. The summed E-state index contributed by atoms with van der Waals surface area (Å²) in [5, 5.41) is 15.6. The van der Waals surface area contributed by atoms with Gasteiger partial charge in [-0.3, -0.25) is 4.79 Å². The van der Waals surface area contributed by atoms with Crippen LogP contribution >= 0.6 is 23.2 Å². The fourth-order valence-corrected chi connectivity index (χ4v) is 9.98. The molecule has 4 aliphatic rings.